The summed E-state index contributed by atoms with van der Waals surface area (Å²) in [6, 6.07) is 2.91. The molecule has 0 radical (unpaired) electrons. The molecule has 1 aromatic carbocycles. The molecule has 6 heteroatoms. The third-order valence-electron chi connectivity index (χ3n) is 3.39. The van der Waals surface area contributed by atoms with Crippen molar-refractivity contribution < 1.29 is 27.8 Å². The summed E-state index contributed by atoms with van der Waals surface area (Å²) >= 11 is 0. The Labute approximate surface area is 108 Å². The summed E-state index contributed by atoms with van der Waals surface area (Å²) in [6.07, 6.45) is 0.0483. The van der Waals surface area contributed by atoms with Crippen molar-refractivity contribution >= 4 is 11.9 Å². The standard InChI is InChI=1S/C13H12F2O4/c1-18-11(16)13(12(17)19-2)6-9(13)8-5-7(14)3-4-10(8)15/h3-5,9H,6H2,1-2H3. The van der Waals surface area contributed by atoms with Gasteiger partial charge in [-0.15, -0.1) is 0 Å². The number of hydrogen-bond acceptors (Lipinski definition) is 4. The zero-order valence-electron chi connectivity index (χ0n) is 10.4. The van der Waals surface area contributed by atoms with Gasteiger partial charge in [0.2, 0.25) is 0 Å². The van der Waals surface area contributed by atoms with Crippen LogP contribution in [0.3, 0.4) is 0 Å². The van der Waals surface area contributed by atoms with Crippen molar-refractivity contribution in [2.24, 2.45) is 5.41 Å². The van der Waals surface area contributed by atoms with Crippen LogP contribution in [-0.2, 0) is 19.1 Å². The molecule has 1 aromatic rings. The lowest BCUT2D eigenvalue weighted by atomic mass is 9.98. The lowest BCUT2D eigenvalue weighted by Crippen LogP contribution is -2.30. The Kier molecular flexibility index (Phi) is 3.26. The molecular weight excluding hydrogens is 258 g/mol. The van der Waals surface area contributed by atoms with Crippen LogP contribution < -0.4 is 0 Å². The zero-order chi connectivity index (χ0) is 14.2. The quantitative estimate of drug-likeness (QED) is 0.620. The van der Waals surface area contributed by atoms with Crippen LogP contribution in [0.25, 0.3) is 0 Å². The van der Waals surface area contributed by atoms with Crippen LogP contribution in [0.15, 0.2) is 18.2 Å². The van der Waals surface area contributed by atoms with E-state index in [4.69, 9.17) is 0 Å². The fourth-order valence-corrected chi connectivity index (χ4v) is 2.32. The van der Waals surface area contributed by atoms with E-state index < -0.39 is 34.9 Å². The van der Waals surface area contributed by atoms with Crippen molar-refractivity contribution in [1.82, 2.24) is 0 Å². The highest BCUT2D eigenvalue weighted by Gasteiger charge is 2.69. The highest BCUT2D eigenvalue weighted by atomic mass is 19.1. The van der Waals surface area contributed by atoms with E-state index in [0.29, 0.717) is 0 Å². The molecule has 0 bridgehead atoms. The van der Waals surface area contributed by atoms with Gasteiger partial charge in [-0.2, -0.15) is 0 Å². The monoisotopic (exact) mass is 270 g/mol. The van der Waals surface area contributed by atoms with Gasteiger partial charge in [0.05, 0.1) is 14.2 Å². The molecule has 19 heavy (non-hydrogen) atoms. The summed E-state index contributed by atoms with van der Waals surface area (Å²) in [5.74, 6) is -3.66. The van der Waals surface area contributed by atoms with E-state index >= 15 is 0 Å². The molecule has 0 aliphatic heterocycles. The van der Waals surface area contributed by atoms with Gasteiger partial charge >= 0.3 is 11.9 Å². The molecule has 1 aliphatic rings. The largest absolute Gasteiger partial charge is 0.468 e. The van der Waals surface area contributed by atoms with Crippen molar-refractivity contribution in [3.05, 3.63) is 35.4 Å². The van der Waals surface area contributed by atoms with E-state index in [-0.39, 0.29) is 12.0 Å². The average molecular weight is 270 g/mol. The summed E-state index contributed by atoms with van der Waals surface area (Å²) < 4.78 is 36.0. The first kappa shape index (κ1) is 13.5. The maximum atomic E-state index is 13.7. The minimum atomic E-state index is -1.56. The topological polar surface area (TPSA) is 52.6 Å². The number of benzene rings is 1. The summed E-state index contributed by atoms with van der Waals surface area (Å²) in [7, 11) is 2.26. The second-order valence-electron chi connectivity index (χ2n) is 4.38. The van der Waals surface area contributed by atoms with Gasteiger partial charge in [-0.3, -0.25) is 9.59 Å². The van der Waals surface area contributed by atoms with Gasteiger partial charge in [-0.05, 0) is 30.2 Å². The van der Waals surface area contributed by atoms with Crippen molar-refractivity contribution in [1.29, 1.82) is 0 Å². The first-order chi connectivity index (χ1) is 8.97. The molecule has 0 amide bonds. The molecule has 1 saturated carbocycles. The van der Waals surface area contributed by atoms with Gasteiger partial charge in [0.15, 0.2) is 5.41 Å². The van der Waals surface area contributed by atoms with Crippen LogP contribution in [0.5, 0.6) is 0 Å². The fourth-order valence-electron chi connectivity index (χ4n) is 2.32. The number of carbonyl (C=O) groups is 2. The predicted octanol–water partition coefficient (Wildman–Crippen LogP) is 1.78. The maximum Gasteiger partial charge on any atom is 0.323 e. The van der Waals surface area contributed by atoms with Gasteiger partial charge in [-0.1, -0.05) is 0 Å². The number of esters is 2. The third kappa shape index (κ3) is 1.97. The molecule has 4 nitrogen and oxygen atoms in total. The smallest absolute Gasteiger partial charge is 0.323 e. The van der Waals surface area contributed by atoms with Gasteiger partial charge < -0.3 is 9.47 Å². The van der Waals surface area contributed by atoms with E-state index in [0.717, 1.165) is 32.4 Å². The van der Waals surface area contributed by atoms with Crippen LogP contribution in [0.4, 0.5) is 8.78 Å². The summed E-state index contributed by atoms with van der Waals surface area (Å²) in [4.78, 5) is 23.5. The number of halogens is 2. The normalized spacial score (nSPS) is 19.7. The Morgan fingerprint density at radius 2 is 1.79 bits per heavy atom. The molecule has 1 aliphatic carbocycles. The molecule has 0 saturated heterocycles. The molecule has 1 fully saturated rings. The minimum absolute atomic E-state index is 0.0178. The Balaban J connectivity index is 2.40. The number of hydrogen-bond donors (Lipinski definition) is 0. The second kappa shape index (κ2) is 4.60. The number of rotatable bonds is 3. The Hall–Kier alpha value is -1.98. The first-order valence-electron chi connectivity index (χ1n) is 5.59. The fraction of sp³-hybridized carbons (Fsp3) is 0.385. The van der Waals surface area contributed by atoms with Crippen molar-refractivity contribution in [2.75, 3.05) is 14.2 Å². The molecule has 2 rings (SSSR count). The first-order valence-corrected chi connectivity index (χ1v) is 5.59. The van der Waals surface area contributed by atoms with Gasteiger partial charge in [0, 0.05) is 5.92 Å². The molecule has 1 atom stereocenters. The zero-order valence-corrected chi connectivity index (χ0v) is 10.4. The lowest BCUT2D eigenvalue weighted by molar-refractivity contribution is -0.161. The summed E-state index contributed by atoms with van der Waals surface area (Å²) in [5, 5.41) is 0. The Morgan fingerprint density at radius 1 is 1.21 bits per heavy atom. The van der Waals surface area contributed by atoms with Crippen LogP contribution in [0.2, 0.25) is 0 Å². The van der Waals surface area contributed by atoms with E-state index in [9.17, 15) is 18.4 Å². The van der Waals surface area contributed by atoms with Crippen LogP contribution in [0.1, 0.15) is 17.9 Å². The molecule has 0 heterocycles. The van der Waals surface area contributed by atoms with E-state index in [1.807, 2.05) is 0 Å². The molecular formula is C13H12F2O4. The minimum Gasteiger partial charge on any atom is -0.468 e. The van der Waals surface area contributed by atoms with Crippen molar-refractivity contribution in [2.45, 2.75) is 12.3 Å². The highest BCUT2D eigenvalue weighted by molar-refractivity contribution is 6.05. The van der Waals surface area contributed by atoms with Crippen LogP contribution in [-0.4, -0.2) is 26.2 Å². The Bertz CT molecular complexity index is 525. The average Bonchev–Trinajstić information content (AvgIpc) is 3.16. The highest BCUT2D eigenvalue weighted by Crippen LogP contribution is 2.61. The second-order valence-corrected chi connectivity index (χ2v) is 4.38. The molecule has 102 valence electrons. The van der Waals surface area contributed by atoms with Crippen molar-refractivity contribution in [3.63, 3.8) is 0 Å². The lowest BCUT2D eigenvalue weighted by Gasteiger charge is -2.12. The SMILES string of the molecule is COC(=O)C1(C(=O)OC)CC1c1cc(F)ccc1F. The van der Waals surface area contributed by atoms with Crippen LogP contribution in [0, 0.1) is 17.0 Å². The molecule has 1 unspecified atom stereocenters. The maximum absolute atomic E-state index is 13.7. The van der Waals surface area contributed by atoms with E-state index in [1.54, 1.807) is 0 Å². The van der Waals surface area contributed by atoms with E-state index in [2.05, 4.69) is 9.47 Å². The van der Waals surface area contributed by atoms with Gasteiger partial charge in [-0.25, -0.2) is 8.78 Å². The Morgan fingerprint density at radius 3 is 2.32 bits per heavy atom. The number of carbonyl (C=O) groups excluding carboxylic acids is 2. The third-order valence-corrected chi connectivity index (χ3v) is 3.39. The van der Waals surface area contributed by atoms with Crippen LogP contribution >= 0.6 is 0 Å². The number of ether oxygens (including phenoxy) is 2. The van der Waals surface area contributed by atoms with E-state index in [1.165, 1.54) is 0 Å². The predicted molar refractivity (Wildman–Crippen MR) is 60.2 cm³/mol. The van der Waals surface area contributed by atoms with Gasteiger partial charge in [0.1, 0.15) is 11.6 Å². The molecule has 0 N–H and O–H groups in total. The van der Waals surface area contributed by atoms with Gasteiger partial charge in [0.25, 0.3) is 0 Å². The number of methoxy groups -OCH3 is 2. The van der Waals surface area contributed by atoms with Crippen molar-refractivity contribution in [3.8, 4) is 0 Å². The molecule has 0 aromatic heterocycles. The molecule has 0 spiro atoms. The summed E-state index contributed by atoms with van der Waals surface area (Å²) in [5.41, 5.74) is -1.58. The summed E-state index contributed by atoms with van der Waals surface area (Å²) in [6.45, 7) is 0.